The number of hydrogen-bond acceptors (Lipinski definition) is 2. The molecule has 1 aliphatic carbocycles. The smallest absolute Gasteiger partial charge is 0.314 e. The van der Waals surface area contributed by atoms with Crippen LogP contribution < -0.4 is 5.32 Å². The summed E-state index contributed by atoms with van der Waals surface area (Å²) in [5.41, 5.74) is 0.466. The Bertz CT molecular complexity index is 479. The predicted molar refractivity (Wildman–Crippen MR) is 75.9 cm³/mol. The number of halogens is 3. The molecule has 0 radical (unpaired) electrons. The summed E-state index contributed by atoms with van der Waals surface area (Å²) < 4.78 is 38.1. The van der Waals surface area contributed by atoms with E-state index in [4.69, 9.17) is 0 Å². The normalized spacial score (nSPS) is 25.8. The molecule has 2 nitrogen and oxygen atoms in total. The van der Waals surface area contributed by atoms with Crippen molar-refractivity contribution in [1.29, 1.82) is 0 Å². The zero-order valence-corrected chi connectivity index (χ0v) is 12.2. The van der Waals surface area contributed by atoms with Gasteiger partial charge in [0.2, 0.25) is 0 Å². The van der Waals surface area contributed by atoms with Crippen LogP contribution in [-0.2, 0) is 6.18 Å². The molecule has 1 saturated heterocycles. The van der Waals surface area contributed by atoms with Crippen LogP contribution in [0.1, 0.15) is 36.9 Å². The van der Waals surface area contributed by atoms with Gasteiger partial charge in [-0.15, -0.1) is 0 Å². The molecule has 1 aliphatic heterocycles. The maximum Gasteiger partial charge on any atom is 0.416 e. The molecule has 116 valence electrons. The van der Waals surface area contributed by atoms with Gasteiger partial charge >= 0.3 is 6.18 Å². The molecule has 5 heteroatoms. The van der Waals surface area contributed by atoms with Crippen LogP contribution in [0.2, 0.25) is 0 Å². The largest absolute Gasteiger partial charge is 0.416 e. The highest BCUT2D eigenvalue weighted by Crippen LogP contribution is 2.45. The van der Waals surface area contributed by atoms with Gasteiger partial charge in [-0.25, -0.2) is 0 Å². The third-order valence-electron chi connectivity index (χ3n) is 4.56. The van der Waals surface area contributed by atoms with Crippen molar-refractivity contribution < 1.29 is 13.2 Å². The third kappa shape index (κ3) is 3.24. The molecule has 2 fully saturated rings. The number of piperazine rings is 1. The first-order valence-corrected chi connectivity index (χ1v) is 7.60. The maximum atomic E-state index is 12.7. The van der Waals surface area contributed by atoms with E-state index in [-0.39, 0.29) is 6.04 Å². The summed E-state index contributed by atoms with van der Waals surface area (Å²) in [6.07, 6.45) is -1.89. The van der Waals surface area contributed by atoms with E-state index in [1.807, 2.05) is 0 Å². The van der Waals surface area contributed by atoms with E-state index >= 15 is 0 Å². The van der Waals surface area contributed by atoms with Crippen molar-refractivity contribution >= 4 is 0 Å². The molecule has 1 heterocycles. The molecule has 2 atom stereocenters. The highest BCUT2D eigenvalue weighted by Gasteiger charge is 2.39. The van der Waals surface area contributed by atoms with Gasteiger partial charge in [-0.1, -0.05) is 12.1 Å². The van der Waals surface area contributed by atoms with Crippen LogP contribution in [-0.4, -0.2) is 30.6 Å². The number of nitrogens with one attached hydrogen (secondary N) is 1. The Labute approximate surface area is 123 Å². The Morgan fingerprint density at radius 2 is 1.86 bits per heavy atom. The summed E-state index contributed by atoms with van der Waals surface area (Å²) in [5.74, 6) is 0.599. The third-order valence-corrected chi connectivity index (χ3v) is 4.56. The highest BCUT2D eigenvalue weighted by atomic mass is 19.4. The molecule has 1 saturated carbocycles. The van der Waals surface area contributed by atoms with Crippen LogP contribution in [0, 0.1) is 5.92 Å². The van der Waals surface area contributed by atoms with Crippen molar-refractivity contribution in [2.75, 3.05) is 19.6 Å². The summed E-state index contributed by atoms with van der Waals surface area (Å²) in [4.78, 5) is 2.46. The van der Waals surface area contributed by atoms with Crippen LogP contribution in [0.15, 0.2) is 24.3 Å². The minimum atomic E-state index is -4.25. The van der Waals surface area contributed by atoms with Crippen LogP contribution in [0.3, 0.4) is 0 Å². The summed E-state index contributed by atoms with van der Waals surface area (Å²) in [7, 11) is 0. The van der Waals surface area contributed by atoms with Crippen LogP contribution in [0.25, 0.3) is 0 Å². The number of rotatable bonds is 3. The fraction of sp³-hybridized carbons (Fsp3) is 0.625. The number of nitrogens with zero attached hydrogens (tertiary/aromatic N) is 1. The Hall–Kier alpha value is -1.07. The first-order chi connectivity index (χ1) is 9.97. The van der Waals surface area contributed by atoms with Crippen LogP contribution in [0.4, 0.5) is 13.2 Å². The van der Waals surface area contributed by atoms with Crippen molar-refractivity contribution in [1.82, 2.24) is 10.2 Å². The zero-order chi connectivity index (χ0) is 15.0. The van der Waals surface area contributed by atoms with E-state index in [2.05, 4.69) is 17.1 Å². The second-order valence-electron chi connectivity index (χ2n) is 6.19. The van der Waals surface area contributed by atoms with Gasteiger partial charge in [0, 0.05) is 31.7 Å². The Morgan fingerprint density at radius 3 is 2.38 bits per heavy atom. The predicted octanol–water partition coefficient (Wildman–Crippen LogP) is 3.45. The standard InChI is InChI=1S/C16H21F3N2/c1-11-10-20-8-9-21(11)15(12-2-3-12)13-4-6-14(7-5-13)16(17,18)19/h4-7,11-12,15,20H,2-3,8-10H2,1H3. The van der Waals surface area contributed by atoms with Gasteiger partial charge in [-0.3, -0.25) is 4.90 Å². The molecule has 0 amide bonds. The molecular formula is C16H21F3N2. The highest BCUT2D eigenvalue weighted by molar-refractivity contribution is 5.28. The van der Waals surface area contributed by atoms with Gasteiger partial charge < -0.3 is 5.32 Å². The summed E-state index contributed by atoms with van der Waals surface area (Å²) in [5, 5.41) is 3.37. The zero-order valence-electron chi connectivity index (χ0n) is 12.2. The topological polar surface area (TPSA) is 15.3 Å². The molecule has 1 aromatic carbocycles. The monoisotopic (exact) mass is 298 g/mol. The average molecular weight is 298 g/mol. The molecule has 21 heavy (non-hydrogen) atoms. The van der Waals surface area contributed by atoms with Crippen molar-refractivity contribution in [3.63, 3.8) is 0 Å². The lowest BCUT2D eigenvalue weighted by molar-refractivity contribution is -0.137. The number of hydrogen-bond donors (Lipinski definition) is 1. The molecule has 3 rings (SSSR count). The second-order valence-corrected chi connectivity index (χ2v) is 6.19. The van der Waals surface area contributed by atoms with E-state index in [1.54, 1.807) is 12.1 Å². The van der Waals surface area contributed by atoms with Crippen molar-refractivity contribution in [3.05, 3.63) is 35.4 Å². The van der Waals surface area contributed by atoms with Crippen molar-refractivity contribution in [2.24, 2.45) is 5.92 Å². The molecule has 0 spiro atoms. The van der Waals surface area contributed by atoms with Gasteiger partial charge in [-0.2, -0.15) is 13.2 Å². The first kappa shape index (κ1) is 14.9. The lowest BCUT2D eigenvalue weighted by Crippen LogP contribution is -2.51. The number of benzene rings is 1. The second kappa shape index (κ2) is 5.61. The maximum absolute atomic E-state index is 12.7. The van der Waals surface area contributed by atoms with E-state index in [0.29, 0.717) is 12.0 Å². The number of alkyl halides is 3. The minimum absolute atomic E-state index is 0.268. The molecule has 0 bridgehead atoms. The molecule has 0 aromatic heterocycles. The fourth-order valence-electron chi connectivity index (χ4n) is 3.29. The lowest BCUT2D eigenvalue weighted by atomic mass is 9.97. The SMILES string of the molecule is CC1CNCCN1C(c1ccc(C(F)(F)F)cc1)C1CC1. The summed E-state index contributed by atoms with van der Waals surface area (Å²) >= 11 is 0. The van der Waals surface area contributed by atoms with Crippen LogP contribution >= 0.6 is 0 Å². The summed E-state index contributed by atoms with van der Waals surface area (Å²) in [6, 6.07) is 6.46. The Kier molecular flexibility index (Phi) is 3.97. The quantitative estimate of drug-likeness (QED) is 0.919. The molecule has 2 unspecified atom stereocenters. The van der Waals surface area contributed by atoms with Gasteiger partial charge in [0.05, 0.1) is 5.56 Å². The molecular weight excluding hydrogens is 277 g/mol. The lowest BCUT2D eigenvalue weighted by Gasteiger charge is -2.40. The Balaban J connectivity index is 1.84. The Morgan fingerprint density at radius 1 is 1.19 bits per heavy atom. The van der Waals surface area contributed by atoms with Crippen molar-refractivity contribution in [3.8, 4) is 0 Å². The summed E-state index contributed by atoms with van der Waals surface area (Å²) in [6.45, 7) is 5.05. The van der Waals surface area contributed by atoms with Gasteiger partial charge in [0.15, 0.2) is 0 Å². The van der Waals surface area contributed by atoms with E-state index < -0.39 is 11.7 Å². The van der Waals surface area contributed by atoms with Crippen molar-refractivity contribution in [2.45, 2.75) is 38.0 Å². The molecule has 1 N–H and O–H groups in total. The van der Waals surface area contributed by atoms with Crippen LogP contribution in [0.5, 0.6) is 0 Å². The fourth-order valence-corrected chi connectivity index (χ4v) is 3.29. The van der Waals surface area contributed by atoms with Gasteiger partial charge in [-0.05, 0) is 43.4 Å². The average Bonchev–Trinajstić information content (AvgIpc) is 3.26. The van der Waals surface area contributed by atoms with Gasteiger partial charge in [0.1, 0.15) is 0 Å². The molecule has 1 aromatic rings. The van der Waals surface area contributed by atoms with E-state index in [0.717, 1.165) is 25.2 Å². The van der Waals surface area contributed by atoms with Gasteiger partial charge in [0.25, 0.3) is 0 Å². The molecule has 2 aliphatic rings. The minimum Gasteiger partial charge on any atom is -0.314 e. The van der Waals surface area contributed by atoms with E-state index in [1.165, 1.54) is 25.0 Å². The van der Waals surface area contributed by atoms with E-state index in [9.17, 15) is 13.2 Å². The first-order valence-electron chi connectivity index (χ1n) is 7.60.